The van der Waals surface area contributed by atoms with Gasteiger partial charge in [0.25, 0.3) is 0 Å². The van der Waals surface area contributed by atoms with Crippen LogP contribution in [0.3, 0.4) is 0 Å². The van der Waals surface area contributed by atoms with Crippen molar-refractivity contribution < 1.29 is 31.7 Å². The van der Waals surface area contributed by atoms with Crippen molar-refractivity contribution in [1.82, 2.24) is 4.90 Å². The smallest absolute Gasteiger partial charge is 0.394 e. The van der Waals surface area contributed by atoms with Crippen molar-refractivity contribution in [3.8, 4) is 11.5 Å². The summed E-state index contributed by atoms with van der Waals surface area (Å²) in [5, 5.41) is 7.83. The molecule has 2 heterocycles. The molecule has 0 aromatic heterocycles. The van der Waals surface area contributed by atoms with Crippen LogP contribution in [0.5, 0.6) is 11.5 Å². The average molecular weight is 403 g/mol. The Balaban J connectivity index is 0.000000465. The number of hydrogen-bond acceptors (Lipinski definition) is 6. The molecule has 10 nitrogen and oxygen atoms in total. The normalized spacial score (nSPS) is 18.1. The van der Waals surface area contributed by atoms with Crippen molar-refractivity contribution >= 4 is 16.4 Å². The highest BCUT2D eigenvalue weighted by atomic mass is 32.3. The van der Waals surface area contributed by atoms with E-state index in [2.05, 4.69) is 6.07 Å². The van der Waals surface area contributed by atoms with Gasteiger partial charge in [-0.1, -0.05) is 0 Å². The number of rotatable bonds is 2. The lowest BCUT2D eigenvalue weighted by Crippen LogP contribution is -2.52. The predicted octanol–water partition coefficient (Wildman–Crippen LogP) is 0.808. The molecule has 2 aliphatic rings. The van der Waals surface area contributed by atoms with Gasteiger partial charge in [0, 0.05) is 31.7 Å². The zero-order chi connectivity index (χ0) is 20.2. The summed E-state index contributed by atoms with van der Waals surface area (Å²) in [7, 11) is -1.37. The third-order valence-corrected chi connectivity index (χ3v) is 4.83. The van der Waals surface area contributed by atoms with Gasteiger partial charge >= 0.3 is 10.4 Å². The van der Waals surface area contributed by atoms with Crippen LogP contribution < -0.4 is 15.2 Å². The first-order valence-corrected chi connectivity index (χ1v) is 9.61. The highest BCUT2D eigenvalue weighted by Crippen LogP contribution is 2.45. The van der Waals surface area contributed by atoms with E-state index in [0.29, 0.717) is 12.3 Å². The highest BCUT2D eigenvalue weighted by molar-refractivity contribution is 7.79. The Bertz CT molecular complexity index is 783. The molecule has 1 aromatic rings. The SMILES string of the molecule is COc1cc2c(cc1OC)C1(CCOCC1)CN(C(=N)N)C2.O=S(=O)(O)O. The molecule has 3 rings (SSSR count). The third-order valence-electron chi connectivity index (χ3n) is 4.83. The first-order chi connectivity index (χ1) is 12.6. The number of nitrogens with one attached hydrogen (secondary N) is 1. The summed E-state index contributed by atoms with van der Waals surface area (Å²) in [5.41, 5.74) is 8.17. The van der Waals surface area contributed by atoms with Crippen LogP contribution in [0.15, 0.2) is 12.1 Å². The van der Waals surface area contributed by atoms with Crippen LogP contribution in [0, 0.1) is 5.41 Å². The second kappa shape index (κ2) is 8.30. The topological polar surface area (TPSA) is 155 Å². The number of nitrogens with two attached hydrogens (primary N) is 1. The Morgan fingerprint density at radius 3 is 2.22 bits per heavy atom. The van der Waals surface area contributed by atoms with Gasteiger partial charge in [-0.15, -0.1) is 0 Å². The molecule has 0 unspecified atom stereocenters. The summed E-state index contributed by atoms with van der Waals surface area (Å²) in [6, 6.07) is 4.11. The van der Waals surface area contributed by atoms with Crippen LogP contribution in [0.1, 0.15) is 24.0 Å². The molecule has 27 heavy (non-hydrogen) atoms. The number of nitrogens with zero attached hydrogens (tertiary/aromatic N) is 1. The van der Waals surface area contributed by atoms with E-state index < -0.39 is 10.4 Å². The molecule has 11 heteroatoms. The van der Waals surface area contributed by atoms with Gasteiger partial charge in [0.1, 0.15) is 0 Å². The Morgan fingerprint density at radius 2 is 1.74 bits per heavy atom. The zero-order valence-corrected chi connectivity index (χ0v) is 16.1. The number of guanidine groups is 1. The van der Waals surface area contributed by atoms with E-state index in [1.165, 1.54) is 5.56 Å². The molecule has 1 fully saturated rings. The van der Waals surface area contributed by atoms with Crippen LogP contribution in [0.2, 0.25) is 0 Å². The molecule has 1 spiro atoms. The zero-order valence-electron chi connectivity index (χ0n) is 15.3. The molecular formula is C16H25N3O7S. The second-order valence-corrected chi connectivity index (χ2v) is 7.34. The van der Waals surface area contributed by atoms with E-state index in [-0.39, 0.29) is 11.4 Å². The van der Waals surface area contributed by atoms with Gasteiger partial charge in [-0.3, -0.25) is 14.5 Å². The Labute approximate surface area is 158 Å². The number of hydrogen-bond donors (Lipinski definition) is 4. The third kappa shape index (κ3) is 5.22. The lowest BCUT2D eigenvalue weighted by Gasteiger charge is -2.46. The summed E-state index contributed by atoms with van der Waals surface area (Å²) in [6.45, 7) is 2.86. The van der Waals surface area contributed by atoms with E-state index in [9.17, 15) is 0 Å². The maximum atomic E-state index is 8.74. The fourth-order valence-electron chi connectivity index (χ4n) is 3.62. The minimum absolute atomic E-state index is 0.0307. The van der Waals surface area contributed by atoms with Crippen LogP contribution in [-0.2, 0) is 27.1 Å². The lowest BCUT2D eigenvalue weighted by molar-refractivity contribution is 0.0360. The van der Waals surface area contributed by atoms with Gasteiger partial charge in [-0.05, 0) is 36.1 Å². The molecule has 152 valence electrons. The van der Waals surface area contributed by atoms with Gasteiger partial charge in [0.15, 0.2) is 17.5 Å². The second-order valence-electron chi connectivity index (χ2n) is 6.45. The van der Waals surface area contributed by atoms with Crippen LogP contribution >= 0.6 is 0 Å². The molecule has 0 radical (unpaired) electrons. The minimum Gasteiger partial charge on any atom is -0.493 e. The maximum absolute atomic E-state index is 8.74. The van der Waals surface area contributed by atoms with Crippen molar-refractivity contribution in [2.24, 2.45) is 5.73 Å². The van der Waals surface area contributed by atoms with E-state index in [1.54, 1.807) is 14.2 Å². The van der Waals surface area contributed by atoms with Crippen LogP contribution in [0.25, 0.3) is 0 Å². The van der Waals surface area contributed by atoms with Crippen molar-refractivity contribution in [3.63, 3.8) is 0 Å². The summed E-state index contributed by atoms with van der Waals surface area (Å²) < 4.78 is 48.0. The lowest BCUT2D eigenvalue weighted by atomic mass is 9.70. The number of fused-ring (bicyclic) bond motifs is 2. The monoisotopic (exact) mass is 403 g/mol. The van der Waals surface area contributed by atoms with Crippen molar-refractivity contribution in [3.05, 3.63) is 23.3 Å². The molecular weight excluding hydrogens is 378 g/mol. The molecule has 2 aliphatic heterocycles. The molecule has 1 saturated heterocycles. The van der Waals surface area contributed by atoms with E-state index in [0.717, 1.165) is 43.9 Å². The molecule has 0 bridgehead atoms. The predicted molar refractivity (Wildman–Crippen MR) is 97.8 cm³/mol. The fourth-order valence-corrected chi connectivity index (χ4v) is 3.62. The minimum atomic E-state index is -4.67. The molecule has 5 N–H and O–H groups in total. The number of methoxy groups -OCH3 is 2. The van der Waals surface area contributed by atoms with Gasteiger partial charge in [0.2, 0.25) is 0 Å². The first-order valence-electron chi connectivity index (χ1n) is 8.21. The van der Waals surface area contributed by atoms with Gasteiger partial charge in [-0.25, -0.2) is 0 Å². The van der Waals surface area contributed by atoms with Gasteiger partial charge < -0.3 is 24.8 Å². The molecule has 0 atom stereocenters. The summed E-state index contributed by atoms with van der Waals surface area (Å²) >= 11 is 0. The molecule has 0 amide bonds. The van der Waals surface area contributed by atoms with Crippen LogP contribution in [0.4, 0.5) is 0 Å². The van der Waals surface area contributed by atoms with Crippen LogP contribution in [-0.4, -0.2) is 62.4 Å². The highest BCUT2D eigenvalue weighted by Gasteiger charge is 2.42. The quantitative estimate of drug-likeness (QED) is 0.319. The number of ether oxygens (including phenoxy) is 3. The van der Waals surface area contributed by atoms with E-state index in [1.807, 2.05) is 11.0 Å². The largest absolute Gasteiger partial charge is 0.493 e. The molecule has 0 saturated carbocycles. The number of benzene rings is 1. The summed E-state index contributed by atoms with van der Waals surface area (Å²) in [5.74, 6) is 1.59. The van der Waals surface area contributed by atoms with Gasteiger partial charge in [0.05, 0.1) is 14.2 Å². The Kier molecular flexibility index (Phi) is 6.52. The van der Waals surface area contributed by atoms with E-state index in [4.69, 9.17) is 42.9 Å². The van der Waals surface area contributed by atoms with Crippen molar-refractivity contribution in [2.45, 2.75) is 24.8 Å². The average Bonchev–Trinajstić information content (AvgIpc) is 2.59. The first kappa shape index (κ1) is 21.2. The standard InChI is InChI=1S/C16H23N3O3.H2O4S/c1-20-13-7-11-9-19(15(17)18)10-16(3-5-22-6-4-16)12(11)8-14(13)21-2;1-5(2,3)4/h7-8H,3-6,9-10H2,1-2H3,(H3,17,18);(H2,1,2,3,4). The van der Waals surface area contributed by atoms with Crippen molar-refractivity contribution in [2.75, 3.05) is 34.0 Å². The molecule has 1 aromatic carbocycles. The fraction of sp³-hybridized carbons (Fsp3) is 0.562. The summed E-state index contributed by atoms with van der Waals surface area (Å²) in [6.07, 6.45) is 1.86. The Hall–Kier alpha value is -2.08. The molecule has 0 aliphatic carbocycles. The maximum Gasteiger partial charge on any atom is 0.394 e. The summed E-state index contributed by atoms with van der Waals surface area (Å²) in [4.78, 5) is 1.93. The van der Waals surface area contributed by atoms with E-state index >= 15 is 0 Å². The van der Waals surface area contributed by atoms with Gasteiger partial charge in [-0.2, -0.15) is 8.42 Å². The van der Waals surface area contributed by atoms with Crippen molar-refractivity contribution in [1.29, 1.82) is 5.41 Å². The Morgan fingerprint density at radius 1 is 1.22 bits per heavy atom.